The summed E-state index contributed by atoms with van der Waals surface area (Å²) in [5.74, 6) is 0. The van der Waals surface area contributed by atoms with Crippen LogP contribution in [0, 0.1) is 11.3 Å². The zero-order chi connectivity index (χ0) is 11.8. The molecule has 2 aromatic carbocycles. The lowest BCUT2D eigenvalue weighted by atomic mass is 10.0. The van der Waals surface area contributed by atoms with Crippen LogP contribution in [0.5, 0.6) is 0 Å². The van der Waals surface area contributed by atoms with Gasteiger partial charge in [0.05, 0.1) is 10.5 Å². The van der Waals surface area contributed by atoms with E-state index in [2.05, 4.69) is 21.5 Å². The van der Waals surface area contributed by atoms with E-state index in [-0.39, 0.29) is 0 Å². The zero-order valence-corrected chi connectivity index (χ0v) is 9.88. The number of hydrogen-bond donors (Lipinski definition) is 1. The van der Waals surface area contributed by atoms with Gasteiger partial charge in [-0.05, 0) is 6.26 Å². The monoisotopic (exact) mass is 240 g/mol. The lowest BCUT2D eigenvalue weighted by molar-refractivity contribution is 0.957. The Morgan fingerprint density at radius 3 is 2.59 bits per heavy atom. The molecule has 4 nitrogen and oxygen atoms in total. The second-order valence-electron chi connectivity index (χ2n) is 3.59. The molecule has 3 rings (SSSR count). The SMILES string of the molecule is CSc1c(C#N)c2ccccc2c2n[nH]nc12. The molecule has 0 unspecified atom stereocenters. The van der Waals surface area contributed by atoms with E-state index < -0.39 is 0 Å². The highest BCUT2D eigenvalue weighted by molar-refractivity contribution is 7.98. The van der Waals surface area contributed by atoms with E-state index in [9.17, 15) is 5.26 Å². The lowest BCUT2D eigenvalue weighted by Crippen LogP contribution is -1.87. The number of nitrogens with zero attached hydrogens (tertiary/aromatic N) is 3. The van der Waals surface area contributed by atoms with Crippen molar-refractivity contribution in [3.63, 3.8) is 0 Å². The molecule has 1 heterocycles. The smallest absolute Gasteiger partial charge is 0.128 e. The van der Waals surface area contributed by atoms with Gasteiger partial charge < -0.3 is 0 Å². The molecule has 0 saturated heterocycles. The highest BCUT2D eigenvalue weighted by Gasteiger charge is 2.15. The summed E-state index contributed by atoms with van der Waals surface area (Å²) >= 11 is 1.52. The molecule has 0 aliphatic heterocycles. The molecular formula is C12H8N4S. The number of nitrogens with one attached hydrogen (secondary N) is 1. The molecule has 17 heavy (non-hydrogen) atoms. The molecular weight excluding hydrogens is 232 g/mol. The summed E-state index contributed by atoms with van der Waals surface area (Å²) in [6, 6.07) is 10.0. The number of H-pyrrole nitrogens is 1. The quantitative estimate of drug-likeness (QED) is 0.664. The predicted molar refractivity (Wildman–Crippen MR) is 67.9 cm³/mol. The van der Waals surface area contributed by atoms with E-state index in [4.69, 9.17) is 0 Å². The third-order valence-electron chi connectivity index (χ3n) is 2.76. The van der Waals surface area contributed by atoms with Crippen LogP contribution in [0.3, 0.4) is 0 Å². The Morgan fingerprint density at radius 2 is 1.88 bits per heavy atom. The van der Waals surface area contributed by atoms with Gasteiger partial charge in [-0.25, -0.2) is 0 Å². The normalized spacial score (nSPS) is 10.8. The molecule has 5 heteroatoms. The van der Waals surface area contributed by atoms with Gasteiger partial charge in [0.1, 0.15) is 17.1 Å². The van der Waals surface area contributed by atoms with Gasteiger partial charge in [-0.15, -0.1) is 11.8 Å². The molecule has 0 fully saturated rings. The van der Waals surface area contributed by atoms with Crippen LogP contribution < -0.4 is 0 Å². The van der Waals surface area contributed by atoms with E-state index in [1.54, 1.807) is 0 Å². The number of benzene rings is 2. The van der Waals surface area contributed by atoms with Crippen LogP contribution in [0.1, 0.15) is 5.56 Å². The molecule has 3 aromatic rings. The van der Waals surface area contributed by atoms with Gasteiger partial charge in [0, 0.05) is 10.8 Å². The Hall–Kier alpha value is -2.06. The summed E-state index contributed by atoms with van der Waals surface area (Å²) in [4.78, 5) is 0.884. The Morgan fingerprint density at radius 1 is 1.18 bits per heavy atom. The number of fused-ring (bicyclic) bond motifs is 3. The molecule has 82 valence electrons. The molecule has 0 radical (unpaired) electrons. The van der Waals surface area contributed by atoms with Crippen molar-refractivity contribution in [1.82, 2.24) is 15.4 Å². The fraction of sp³-hybridized carbons (Fsp3) is 0.0833. The first-order valence-corrected chi connectivity index (χ1v) is 6.28. The van der Waals surface area contributed by atoms with Crippen LogP contribution in [0.4, 0.5) is 0 Å². The fourth-order valence-electron chi connectivity index (χ4n) is 2.04. The summed E-state index contributed by atoms with van der Waals surface area (Å²) in [5.41, 5.74) is 2.27. The van der Waals surface area contributed by atoms with Crippen molar-refractivity contribution in [2.75, 3.05) is 6.26 Å². The van der Waals surface area contributed by atoms with Crippen molar-refractivity contribution in [3.8, 4) is 6.07 Å². The van der Waals surface area contributed by atoms with Crippen molar-refractivity contribution >= 4 is 33.6 Å². The van der Waals surface area contributed by atoms with Crippen molar-refractivity contribution in [1.29, 1.82) is 5.26 Å². The van der Waals surface area contributed by atoms with Crippen molar-refractivity contribution in [2.24, 2.45) is 0 Å². The molecule has 0 aliphatic carbocycles. The highest BCUT2D eigenvalue weighted by atomic mass is 32.2. The van der Waals surface area contributed by atoms with E-state index >= 15 is 0 Å². The first-order chi connectivity index (χ1) is 8.36. The number of thioether (sulfide) groups is 1. The minimum Gasteiger partial charge on any atom is -0.197 e. The summed E-state index contributed by atoms with van der Waals surface area (Å²) in [6.07, 6.45) is 1.94. The van der Waals surface area contributed by atoms with Crippen LogP contribution >= 0.6 is 11.8 Å². The second-order valence-corrected chi connectivity index (χ2v) is 4.40. The van der Waals surface area contributed by atoms with Gasteiger partial charge in [-0.2, -0.15) is 20.7 Å². The van der Waals surface area contributed by atoms with Gasteiger partial charge >= 0.3 is 0 Å². The summed E-state index contributed by atoms with van der Waals surface area (Å²) in [5, 5.41) is 22.2. The summed E-state index contributed by atoms with van der Waals surface area (Å²) < 4.78 is 0. The number of rotatable bonds is 1. The number of aromatic nitrogens is 3. The van der Waals surface area contributed by atoms with Gasteiger partial charge in [0.25, 0.3) is 0 Å². The number of hydrogen-bond acceptors (Lipinski definition) is 4. The van der Waals surface area contributed by atoms with E-state index in [1.165, 1.54) is 11.8 Å². The van der Waals surface area contributed by atoms with Gasteiger partial charge in [0.2, 0.25) is 0 Å². The average molecular weight is 240 g/mol. The Bertz CT molecular complexity index is 754. The van der Waals surface area contributed by atoms with Crippen molar-refractivity contribution < 1.29 is 0 Å². The minimum atomic E-state index is 0.675. The molecule has 0 bridgehead atoms. The van der Waals surface area contributed by atoms with Crippen molar-refractivity contribution in [2.45, 2.75) is 4.90 Å². The summed E-state index contributed by atoms with van der Waals surface area (Å²) in [7, 11) is 0. The van der Waals surface area contributed by atoms with Crippen molar-refractivity contribution in [3.05, 3.63) is 29.8 Å². The molecule has 0 saturated carbocycles. The third kappa shape index (κ3) is 1.31. The Balaban J connectivity index is 2.66. The molecule has 0 atom stereocenters. The molecule has 1 aromatic heterocycles. The average Bonchev–Trinajstić information content (AvgIpc) is 2.86. The van der Waals surface area contributed by atoms with Crippen LogP contribution in [-0.2, 0) is 0 Å². The molecule has 0 aliphatic rings. The number of nitriles is 1. The molecule has 0 spiro atoms. The number of aromatic amines is 1. The van der Waals surface area contributed by atoms with Gasteiger partial charge in [-0.3, -0.25) is 0 Å². The predicted octanol–water partition coefficient (Wildman–Crippen LogP) is 2.70. The highest BCUT2D eigenvalue weighted by Crippen LogP contribution is 2.34. The van der Waals surface area contributed by atoms with Crippen LogP contribution in [0.25, 0.3) is 21.8 Å². The maximum Gasteiger partial charge on any atom is 0.128 e. The molecule has 0 amide bonds. The second kappa shape index (κ2) is 3.75. The molecule has 1 N–H and O–H groups in total. The maximum absolute atomic E-state index is 9.32. The van der Waals surface area contributed by atoms with E-state index in [1.807, 2.05) is 30.5 Å². The first-order valence-electron chi connectivity index (χ1n) is 5.06. The lowest BCUT2D eigenvalue weighted by Gasteiger charge is -2.05. The first kappa shape index (κ1) is 10.1. The Labute approximate surface area is 102 Å². The largest absolute Gasteiger partial charge is 0.197 e. The summed E-state index contributed by atoms with van der Waals surface area (Å²) in [6.45, 7) is 0. The van der Waals surface area contributed by atoms with Crippen LogP contribution in [-0.4, -0.2) is 21.7 Å². The standard InChI is InChI=1S/C12H8N4S/c1-17-12-9(6-13)7-4-2-3-5-8(7)10-11(12)15-16-14-10/h2-5H,1H3,(H,14,15,16). The minimum absolute atomic E-state index is 0.675. The van der Waals surface area contributed by atoms with Crippen LogP contribution in [0.2, 0.25) is 0 Å². The van der Waals surface area contributed by atoms with E-state index in [0.717, 1.165) is 26.7 Å². The fourth-order valence-corrected chi connectivity index (χ4v) is 2.73. The van der Waals surface area contributed by atoms with Gasteiger partial charge in [0.15, 0.2) is 0 Å². The Kier molecular flexibility index (Phi) is 2.23. The van der Waals surface area contributed by atoms with Crippen LogP contribution in [0.15, 0.2) is 29.2 Å². The maximum atomic E-state index is 9.32. The zero-order valence-electron chi connectivity index (χ0n) is 9.06. The van der Waals surface area contributed by atoms with Gasteiger partial charge in [-0.1, -0.05) is 24.3 Å². The topological polar surface area (TPSA) is 65.4 Å². The third-order valence-corrected chi connectivity index (χ3v) is 3.56. The van der Waals surface area contributed by atoms with E-state index in [0.29, 0.717) is 5.56 Å².